The van der Waals surface area contributed by atoms with Gasteiger partial charge in [-0.05, 0) is 33.6 Å². The lowest BCUT2D eigenvalue weighted by Gasteiger charge is -2.23. The minimum Gasteiger partial charge on any atom is -0.444 e. The molecule has 0 fully saturated rings. The summed E-state index contributed by atoms with van der Waals surface area (Å²) in [6.45, 7) is 4.96. The lowest BCUT2D eigenvalue weighted by atomic mass is 10.1. The summed E-state index contributed by atoms with van der Waals surface area (Å²) >= 11 is 0. The summed E-state index contributed by atoms with van der Waals surface area (Å²) in [5.41, 5.74) is -1.41. The van der Waals surface area contributed by atoms with Gasteiger partial charge in [-0.15, -0.1) is 0 Å². The zero-order chi connectivity index (χ0) is 13.3. The third-order valence-electron chi connectivity index (χ3n) is 2.21. The molecule has 0 heterocycles. The van der Waals surface area contributed by atoms with E-state index in [1.54, 1.807) is 20.8 Å². The molecule has 1 rings (SSSR count). The third-order valence-corrected chi connectivity index (χ3v) is 2.21. The number of carbonyl (C=O) groups excluding carboxylic acids is 1. The quantitative estimate of drug-likeness (QED) is 0.727. The highest BCUT2D eigenvalue weighted by molar-refractivity contribution is 5.68. The third kappa shape index (κ3) is 4.28. The van der Waals surface area contributed by atoms with Crippen LogP contribution in [0.25, 0.3) is 0 Å². The molecule has 0 aliphatic heterocycles. The number of alkyl halides is 3. The van der Waals surface area contributed by atoms with Crippen LogP contribution in [-0.2, 0) is 4.74 Å². The van der Waals surface area contributed by atoms with E-state index >= 15 is 0 Å². The van der Waals surface area contributed by atoms with E-state index in [9.17, 15) is 18.0 Å². The fourth-order valence-electron chi connectivity index (χ4n) is 1.62. The molecule has 1 aliphatic carbocycles. The lowest BCUT2D eigenvalue weighted by Crippen LogP contribution is -2.41. The summed E-state index contributed by atoms with van der Waals surface area (Å²) in [7, 11) is 0. The highest BCUT2D eigenvalue weighted by Crippen LogP contribution is 2.34. The first-order valence-corrected chi connectivity index (χ1v) is 5.36. The molecule has 0 saturated heterocycles. The van der Waals surface area contributed by atoms with Crippen LogP contribution in [0, 0.1) is 0 Å². The average molecular weight is 251 g/mol. The molecule has 0 radical (unpaired) electrons. The Bertz CT molecular complexity index is 329. The van der Waals surface area contributed by atoms with Gasteiger partial charge in [-0.25, -0.2) is 4.79 Å². The van der Waals surface area contributed by atoms with E-state index in [1.165, 1.54) is 0 Å². The van der Waals surface area contributed by atoms with E-state index in [4.69, 9.17) is 4.74 Å². The van der Waals surface area contributed by atoms with Gasteiger partial charge in [-0.2, -0.15) is 13.2 Å². The molecule has 1 amide bonds. The first kappa shape index (κ1) is 13.9. The maximum absolute atomic E-state index is 12.5. The van der Waals surface area contributed by atoms with Gasteiger partial charge in [-0.1, -0.05) is 6.08 Å². The Kier molecular flexibility index (Phi) is 3.74. The minimum atomic E-state index is -4.39. The number of hydrogen-bond acceptors (Lipinski definition) is 2. The molecule has 6 heteroatoms. The minimum absolute atomic E-state index is 0.258. The van der Waals surface area contributed by atoms with Crippen LogP contribution in [0.4, 0.5) is 18.0 Å². The van der Waals surface area contributed by atoms with Gasteiger partial charge in [0.15, 0.2) is 0 Å². The number of carbonyl (C=O) groups is 1. The van der Waals surface area contributed by atoms with Gasteiger partial charge in [0, 0.05) is 0 Å². The first-order valence-electron chi connectivity index (χ1n) is 5.36. The van der Waals surface area contributed by atoms with Crippen molar-refractivity contribution >= 4 is 6.09 Å². The lowest BCUT2D eigenvalue weighted by molar-refractivity contribution is -0.0955. The predicted molar refractivity (Wildman–Crippen MR) is 56.5 cm³/mol. The number of halogens is 3. The average Bonchev–Trinajstić information content (AvgIpc) is 2.46. The van der Waals surface area contributed by atoms with E-state index in [0.717, 1.165) is 6.08 Å². The largest absolute Gasteiger partial charge is 0.444 e. The van der Waals surface area contributed by atoms with Crippen LogP contribution in [0.5, 0.6) is 0 Å². The van der Waals surface area contributed by atoms with Crippen LogP contribution >= 0.6 is 0 Å². The molecular formula is C11H16F3NO2. The van der Waals surface area contributed by atoms with Crippen molar-refractivity contribution < 1.29 is 22.7 Å². The second kappa shape index (κ2) is 4.58. The van der Waals surface area contributed by atoms with Crippen molar-refractivity contribution in [1.82, 2.24) is 5.32 Å². The molecule has 1 N–H and O–H groups in total. The number of hydrogen-bond donors (Lipinski definition) is 1. The molecule has 3 nitrogen and oxygen atoms in total. The summed E-state index contributed by atoms with van der Waals surface area (Å²) < 4.78 is 42.5. The molecule has 0 aromatic carbocycles. The van der Waals surface area contributed by atoms with Gasteiger partial charge in [-0.3, -0.25) is 0 Å². The predicted octanol–water partition coefficient (Wildman–Crippen LogP) is 3.16. The smallest absolute Gasteiger partial charge is 0.414 e. The summed E-state index contributed by atoms with van der Waals surface area (Å²) in [5, 5.41) is 2.24. The van der Waals surface area contributed by atoms with E-state index in [2.05, 4.69) is 5.32 Å². The Labute approximate surface area is 98.0 Å². The van der Waals surface area contributed by atoms with Crippen molar-refractivity contribution in [2.45, 2.75) is 51.4 Å². The van der Waals surface area contributed by atoms with E-state index in [1.807, 2.05) is 0 Å². The maximum Gasteiger partial charge on any atom is 0.414 e. The van der Waals surface area contributed by atoms with Crippen molar-refractivity contribution in [1.29, 1.82) is 0 Å². The number of ether oxygens (including phenoxy) is 1. The molecular weight excluding hydrogens is 235 g/mol. The molecule has 0 bridgehead atoms. The van der Waals surface area contributed by atoms with Crippen LogP contribution in [0.15, 0.2) is 11.6 Å². The van der Waals surface area contributed by atoms with Crippen molar-refractivity contribution in [2.75, 3.05) is 0 Å². The van der Waals surface area contributed by atoms with Crippen LogP contribution in [0.2, 0.25) is 0 Å². The number of amides is 1. The fourth-order valence-corrected chi connectivity index (χ4v) is 1.62. The molecule has 1 atom stereocenters. The first-order chi connectivity index (χ1) is 7.59. The van der Waals surface area contributed by atoms with Gasteiger partial charge in [0.25, 0.3) is 0 Å². The van der Waals surface area contributed by atoms with E-state index in [-0.39, 0.29) is 6.42 Å². The highest BCUT2D eigenvalue weighted by Gasteiger charge is 2.41. The van der Waals surface area contributed by atoms with Gasteiger partial charge in [0.2, 0.25) is 0 Å². The van der Waals surface area contributed by atoms with Gasteiger partial charge < -0.3 is 10.1 Å². The zero-order valence-corrected chi connectivity index (χ0v) is 10.0. The Balaban J connectivity index is 2.59. The maximum atomic E-state index is 12.5. The molecule has 0 saturated carbocycles. The Morgan fingerprint density at radius 3 is 2.47 bits per heavy atom. The normalized spacial score (nSPS) is 21.1. The molecule has 98 valence electrons. The number of rotatable bonds is 1. The molecule has 0 spiro atoms. The molecule has 0 aromatic heterocycles. The Morgan fingerprint density at radius 1 is 1.41 bits per heavy atom. The van der Waals surface area contributed by atoms with Gasteiger partial charge >= 0.3 is 12.3 Å². The van der Waals surface area contributed by atoms with Crippen molar-refractivity contribution in [3.05, 3.63) is 11.6 Å². The van der Waals surface area contributed by atoms with Crippen LogP contribution < -0.4 is 5.32 Å². The van der Waals surface area contributed by atoms with Crippen molar-refractivity contribution in [2.24, 2.45) is 0 Å². The monoisotopic (exact) mass is 251 g/mol. The van der Waals surface area contributed by atoms with Gasteiger partial charge in [0.1, 0.15) is 5.60 Å². The summed E-state index contributed by atoms with van der Waals surface area (Å²) in [5.74, 6) is 0. The molecule has 1 aliphatic rings. The number of nitrogens with one attached hydrogen (secondary N) is 1. The summed E-state index contributed by atoms with van der Waals surface area (Å²) in [6, 6.07) is -0.996. The SMILES string of the molecule is CC(C)(C)OC(=O)NC1CCC=C1C(F)(F)F. The second-order valence-electron chi connectivity index (χ2n) is 4.93. The topological polar surface area (TPSA) is 38.3 Å². The Hall–Kier alpha value is -1.20. The van der Waals surface area contributed by atoms with E-state index in [0.29, 0.717) is 6.42 Å². The van der Waals surface area contributed by atoms with Gasteiger partial charge in [0.05, 0.1) is 11.6 Å². The van der Waals surface area contributed by atoms with Crippen molar-refractivity contribution in [3.8, 4) is 0 Å². The van der Waals surface area contributed by atoms with E-state index < -0.39 is 29.5 Å². The molecule has 17 heavy (non-hydrogen) atoms. The molecule has 0 aromatic rings. The summed E-state index contributed by atoms with van der Waals surface area (Å²) in [4.78, 5) is 11.4. The summed E-state index contributed by atoms with van der Waals surface area (Å²) in [6.07, 6.45) is -3.53. The zero-order valence-electron chi connectivity index (χ0n) is 10.0. The standard InChI is InChI=1S/C11H16F3NO2/c1-10(2,3)17-9(16)15-8-6-4-5-7(8)11(12,13)14/h5,8H,4,6H2,1-3H3,(H,15,16). The highest BCUT2D eigenvalue weighted by atomic mass is 19.4. The van der Waals surface area contributed by atoms with Crippen LogP contribution in [0.3, 0.4) is 0 Å². The fraction of sp³-hybridized carbons (Fsp3) is 0.727. The number of allylic oxidation sites excluding steroid dienone is 1. The molecule has 1 unspecified atom stereocenters. The second-order valence-corrected chi connectivity index (χ2v) is 4.93. The van der Waals surface area contributed by atoms with Crippen LogP contribution in [-0.4, -0.2) is 23.9 Å². The number of alkyl carbamates (subject to hydrolysis) is 1. The van der Waals surface area contributed by atoms with Crippen molar-refractivity contribution in [3.63, 3.8) is 0 Å². The Morgan fingerprint density at radius 2 is 2.00 bits per heavy atom. The van der Waals surface area contributed by atoms with Crippen LogP contribution in [0.1, 0.15) is 33.6 Å².